The van der Waals surface area contributed by atoms with Gasteiger partial charge in [-0.05, 0) is 40.2 Å². The summed E-state index contributed by atoms with van der Waals surface area (Å²) in [5, 5.41) is 0. The van der Waals surface area contributed by atoms with E-state index in [9.17, 15) is 4.79 Å². The number of nitrogens with two attached hydrogens (primary N) is 1. The van der Waals surface area contributed by atoms with Crippen LogP contribution in [0.4, 0.5) is 0 Å². The zero-order valence-corrected chi connectivity index (χ0v) is 11.5. The van der Waals surface area contributed by atoms with Gasteiger partial charge >= 0.3 is 0 Å². The van der Waals surface area contributed by atoms with E-state index in [1.807, 2.05) is 4.90 Å². The first-order chi connectivity index (χ1) is 7.95. The van der Waals surface area contributed by atoms with E-state index < -0.39 is 0 Å². The first-order valence-corrected chi connectivity index (χ1v) is 6.68. The lowest BCUT2D eigenvalue weighted by molar-refractivity contribution is -0.133. The van der Waals surface area contributed by atoms with Crippen molar-refractivity contribution in [1.29, 1.82) is 0 Å². The van der Waals surface area contributed by atoms with Crippen LogP contribution in [0.15, 0.2) is 0 Å². The number of piperazine rings is 1. The SMILES string of the molecule is CC(C)(C)N1CCN(C(=O)CCCCN)CC1. The van der Waals surface area contributed by atoms with Crippen LogP contribution in [0.2, 0.25) is 0 Å². The Morgan fingerprint density at radius 2 is 1.71 bits per heavy atom. The highest BCUT2D eigenvalue weighted by molar-refractivity contribution is 5.76. The summed E-state index contributed by atoms with van der Waals surface area (Å²) in [6.45, 7) is 11.1. The molecule has 0 saturated carbocycles. The van der Waals surface area contributed by atoms with Crippen LogP contribution in [0.25, 0.3) is 0 Å². The highest BCUT2D eigenvalue weighted by Gasteiger charge is 2.27. The highest BCUT2D eigenvalue weighted by atomic mass is 16.2. The quantitative estimate of drug-likeness (QED) is 0.749. The fourth-order valence-corrected chi connectivity index (χ4v) is 2.21. The van der Waals surface area contributed by atoms with Crippen LogP contribution in [-0.2, 0) is 4.79 Å². The van der Waals surface area contributed by atoms with Gasteiger partial charge in [0.05, 0.1) is 0 Å². The Morgan fingerprint density at radius 1 is 1.12 bits per heavy atom. The lowest BCUT2D eigenvalue weighted by atomic mass is 10.0. The van der Waals surface area contributed by atoms with E-state index >= 15 is 0 Å². The third-order valence-electron chi connectivity index (χ3n) is 3.43. The maximum Gasteiger partial charge on any atom is 0.222 e. The molecule has 100 valence electrons. The molecule has 1 saturated heterocycles. The van der Waals surface area contributed by atoms with Gasteiger partial charge in [-0.3, -0.25) is 9.69 Å². The monoisotopic (exact) mass is 241 g/mol. The second-order valence-corrected chi connectivity index (χ2v) is 5.78. The van der Waals surface area contributed by atoms with E-state index in [-0.39, 0.29) is 5.54 Å². The van der Waals surface area contributed by atoms with E-state index in [0.29, 0.717) is 18.9 Å². The topological polar surface area (TPSA) is 49.6 Å². The number of hydrogen-bond acceptors (Lipinski definition) is 3. The zero-order valence-electron chi connectivity index (χ0n) is 11.5. The van der Waals surface area contributed by atoms with Gasteiger partial charge in [-0.2, -0.15) is 0 Å². The van der Waals surface area contributed by atoms with Crippen LogP contribution < -0.4 is 5.73 Å². The Labute approximate surface area is 105 Å². The first-order valence-electron chi connectivity index (χ1n) is 6.68. The molecule has 4 nitrogen and oxygen atoms in total. The molecular formula is C13H27N3O. The highest BCUT2D eigenvalue weighted by Crippen LogP contribution is 2.16. The number of carbonyl (C=O) groups excluding carboxylic acids is 1. The lowest BCUT2D eigenvalue weighted by Crippen LogP contribution is -2.54. The Kier molecular flexibility index (Phi) is 5.40. The number of nitrogens with zero attached hydrogens (tertiary/aromatic N) is 2. The Hall–Kier alpha value is -0.610. The number of unbranched alkanes of at least 4 members (excludes halogenated alkanes) is 1. The molecule has 0 bridgehead atoms. The van der Waals surface area contributed by atoms with Crippen LogP contribution in [0, 0.1) is 0 Å². The molecule has 0 aromatic heterocycles. The summed E-state index contributed by atoms with van der Waals surface area (Å²) >= 11 is 0. The van der Waals surface area contributed by atoms with Crippen molar-refractivity contribution in [2.24, 2.45) is 5.73 Å². The van der Waals surface area contributed by atoms with Crippen molar-refractivity contribution >= 4 is 5.91 Å². The van der Waals surface area contributed by atoms with Gasteiger partial charge in [-0.1, -0.05) is 0 Å². The smallest absolute Gasteiger partial charge is 0.222 e. The standard InChI is InChI=1S/C13H27N3O/c1-13(2,3)16-10-8-15(9-11-16)12(17)6-4-5-7-14/h4-11,14H2,1-3H3. The molecule has 0 radical (unpaired) electrons. The number of rotatable bonds is 4. The molecule has 1 rings (SSSR count). The van der Waals surface area contributed by atoms with Crippen LogP contribution >= 0.6 is 0 Å². The van der Waals surface area contributed by atoms with Crippen molar-refractivity contribution in [3.63, 3.8) is 0 Å². The number of amides is 1. The summed E-state index contributed by atoms with van der Waals surface area (Å²) in [6, 6.07) is 0. The second-order valence-electron chi connectivity index (χ2n) is 5.78. The van der Waals surface area contributed by atoms with Gasteiger partial charge in [0.25, 0.3) is 0 Å². The van der Waals surface area contributed by atoms with Gasteiger partial charge in [0.1, 0.15) is 0 Å². The van der Waals surface area contributed by atoms with E-state index in [2.05, 4.69) is 25.7 Å². The van der Waals surface area contributed by atoms with E-state index in [1.54, 1.807) is 0 Å². The van der Waals surface area contributed by atoms with Gasteiger partial charge in [0, 0.05) is 38.1 Å². The number of carbonyl (C=O) groups is 1. The maximum atomic E-state index is 11.9. The normalized spacial score (nSPS) is 18.5. The Bertz CT molecular complexity index is 240. The molecule has 0 aromatic rings. The van der Waals surface area contributed by atoms with E-state index in [0.717, 1.165) is 39.0 Å². The molecular weight excluding hydrogens is 214 g/mol. The molecule has 1 aliphatic heterocycles. The minimum atomic E-state index is 0.217. The Balaban J connectivity index is 2.29. The van der Waals surface area contributed by atoms with Crippen LogP contribution in [0.3, 0.4) is 0 Å². The summed E-state index contributed by atoms with van der Waals surface area (Å²) in [6.07, 6.45) is 2.54. The molecule has 0 aliphatic carbocycles. The minimum absolute atomic E-state index is 0.217. The molecule has 1 fully saturated rings. The summed E-state index contributed by atoms with van der Waals surface area (Å²) in [5.74, 6) is 0.298. The second kappa shape index (κ2) is 6.36. The van der Waals surface area contributed by atoms with Gasteiger partial charge in [0.2, 0.25) is 5.91 Å². The molecule has 0 spiro atoms. The van der Waals surface area contributed by atoms with Crippen molar-refractivity contribution in [3.8, 4) is 0 Å². The molecule has 4 heteroatoms. The fourth-order valence-electron chi connectivity index (χ4n) is 2.21. The average Bonchev–Trinajstić information content (AvgIpc) is 2.28. The number of hydrogen-bond donors (Lipinski definition) is 1. The molecule has 1 aliphatic rings. The van der Waals surface area contributed by atoms with Crippen molar-refractivity contribution < 1.29 is 4.79 Å². The van der Waals surface area contributed by atoms with Crippen molar-refractivity contribution in [3.05, 3.63) is 0 Å². The van der Waals surface area contributed by atoms with Crippen LogP contribution in [-0.4, -0.2) is 54.0 Å². The minimum Gasteiger partial charge on any atom is -0.340 e. The molecule has 1 amide bonds. The maximum absolute atomic E-state index is 11.9. The molecule has 17 heavy (non-hydrogen) atoms. The van der Waals surface area contributed by atoms with Gasteiger partial charge < -0.3 is 10.6 Å². The van der Waals surface area contributed by atoms with Crippen molar-refractivity contribution in [2.75, 3.05) is 32.7 Å². The average molecular weight is 241 g/mol. The van der Waals surface area contributed by atoms with Gasteiger partial charge in [-0.25, -0.2) is 0 Å². The molecule has 1 heterocycles. The summed E-state index contributed by atoms with van der Waals surface area (Å²) in [7, 11) is 0. The van der Waals surface area contributed by atoms with E-state index in [4.69, 9.17) is 5.73 Å². The van der Waals surface area contributed by atoms with Crippen molar-refractivity contribution in [2.45, 2.75) is 45.6 Å². The fraction of sp³-hybridized carbons (Fsp3) is 0.923. The summed E-state index contributed by atoms with van der Waals surface area (Å²) < 4.78 is 0. The molecule has 0 aromatic carbocycles. The predicted molar refractivity (Wildman–Crippen MR) is 70.8 cm³/mol. The van der Waals surface area contributed by atoms with Crippen molar-refractivity contribution in [1.82, 2.24) is 9.80 Å². The van der Waals surface area contributed by atoms with Gasteiger partial charge in [-0.15, -0.1) is 0 Å². The first kappa shape index (κ1) is 14.5. The zero-order chi connectivity index (χ0) is 12.9. The summed E-state index contributed by atoms with van der Waals surface area (Å²) in [4.78, 5) is 16.3. The van der Waals surface area contributed by atoms with Crippen LogP contribution in [0.5, 0.6) is 0 Å². The third-order valence-corrected chi connectivity index (χ3v) is 3.43. The van der Waals surface area contributed by atoms with E-state index in [1.165, 1.54) is 0 Å². The van der Waals surface area contributed by atoms with Gasteiger partial charge in [0.15, 0.2) is 0 Å². The Morgan fingerprint density at radius 3 is 2.18 bits per heavy atom. The lowest BCUT2D eigenvalue weighted by Gasteiger charge is -2.42. The summed E-state index contributed by atoms with van der Waals surface area (Å²) in [5.41, 5.74) is 5.64. The van der Waals surface area contributed by atoms with Crippen LogP contribution in [0.1, 0.15) is 40.0 Å². The molecule has 0 unspecified atom stereocenters. The largest absolute Gasteiger partial charge is 0.340 e. The molecule has 2 N–H and O–H groups in total. The predicted octanol–water partition coefficient (Wildman–Crippen LogP) is 1.06. The molecule has 0 atom stereocenters. The third kappa shape index (κ3) is 4.64.